The Morgan fingerprint density at radius 3 is 2.29 bits per heavy atom. The summed E-state index contributed by atoms with van der Waals surface area (Å²) in [5.41, 5.74) is -3.67. The van der Waals surface area contributed by atoms with Crippen molar-refractivity contribution in [2.24, 2.45) is 10.9 Å². The third kappa shape index (κ3) is 4.42. The van der Waals surface area contributed by atoms with E-state index in [0.29, 0.717) is 12.1 Å². The second-order valence-corrected chi connectivity index (χ2v) is 6.45. The number of aromatic nitrogens is 1. The lowest BCUT2D eigenvalue weighted by atomic mass is 10.1. The second-order valence-electron chi connectivity index (χ2n) is 6.45. The molecule has 0 spiro atoms. The van der Waals surface area contributed by atoms with Crippen LogP contribution in [-0.2, 0) is 18.9 Å². The fourth-order valence-corrected chi connectivity index (χ4v) is 2.61. The van der Waals surface area contributed by atoms with Crippen LogP contribution in [0, 0.1) is 11.7 Å². The highest BCUT2D eigenvalue weighted by Gasteiger charge is 2.36. The Hall–Kier alpha value is -2.65. The average molecular weight is 406 g/mol. The Balaban J connectivity index is 2.04. The van der Waals surface area contributed by atoms with Crippen molar-refractivity contribution >= 4 is 5.91 Å². The molecule has 0 radical (unpaired) electrons. The van der Waals surface area contributed by atoms with E-state index in [2.05, 4.69) is 4.99 Å². The van der Waals surface area contributed by atoms with E-state index in [4.69, 9.17) is 0 Å². The van der Waals surface area contributed by atoms with Gasteiger partial charge < -0.3 is 4.57 Å². The Morgan fingerprint density at radius 2 is 1.71 bits per heavy atom. The monoisotopic (exact) mass is 406 g/mol. The number of benzene rings is 1. The largest absolute Gasteiger partial charge is 0.419 e. The first kappa shape index (κ1) is 20.1. The van der Waals surface area contributed by atoms with E-state index in [9.17, 15) is 35.5 Å². The van der Waals surface area contributed by atoms with Crippen LogP contribution >= 0.6 is 0 Å². The summed E-state index contributed by atoms with van der Waals surface area (Å²) in [6, 6.07) is 3.83. The number of hydrogen-bond acceptors (Lipinski definition) is 1. The van der Waals surface area contributed by atoms with Gasteiger partial charge in [0.05, 0.1) is 16.7 Å². The lowest BCUT2D eigenvalue weighted by Crippen LogP contribution is -2.25. The molecular weight excluding hydrogens is 393 g/mol. The molecule has 0 unspecified atom stereocenters. The third-order valence-corrected chi connectivity index (χ3v) is 4.23. The molecule has 1 fully saturated rings. The Kier molecular flexibility index (Phi) is 5.07. The van der Waals surface area contributed by atoms with E-state index in [0.717, 1.165) is 41.8 Å². The van der Waals surface area contributed by atoms with Crippen molar-refractivity contribution < 1.29 is 35.5 Å². The van der Waals surface area contributed by atoms with E-state index >= 15 is 0 Å². The van der Waals surface area contributed by atoms with Gasteiger partial charge >= 0.3 is 12.4 Å². The molecule has 1 aliphatic carbocycles. The predicted octanol–water partition coefficient (Wildman–Crippen LogP) is 4.82. The molecule has 28 heavy (non-hydrogen) atoms. The third-order valence-electron chi connectivity index (χ3n) is 4.23. The van der Waals surface area contributed by atoms with Crippen molar-refractivity contribution in [2.45, 2.75) is 31.7 Å². The molecule has 0 saturated heterocycles. The van der Waals surface area contributed by atoms with E-state index in [1.54, 1.807) is 0 Å². The lowest BCUT2D eigenvalue weighted by molar-refractivity contribution is -0.140. The molecular formula is C18H13F7N2O. The number of carbonyl (C=O) groups excluding carboxylic acids is 1. The van der Waals surface area contributed by atoms with Gasteiger partial charge in [0.2, 0.25) is 0 Å². The zero-order valence-corrected chi connectivity index (χ0v) is 14.1. The minimum atomic E-state index is -5.00. The topological polar surface area (TPSA) is 34.4 Å². The van der Waals surface area contributed by atoms with Crippen molar-refractivity contribution in [1.82, 2.24) is 4.57 Å². The molecule has 1 aromatic heterocycles. The molecule has 1 saturated carbocycles. The smallest absolute Gasteiger partial charge is 0.332 e. The summed E-state index contributed by atoms with van der Waals surface area (Å²) in [6.45, 7) is 0.168. The average Bonchev–Trinajstić information content (AvgIpc) is 3.38. The number of amides is 1. The predicted molar refractivity (Wildman–Crippen MR) is 83.5 cm³/mol. The van der Waals surface area contributed by atoms with Crippen molar-refractivity contribution in [3.63, 3.8) is 0 Å². The molecule has 0 bridgehead atoms. The molecule has 1 aliphatic rings. The van der Waals surface area contributed by atoms with Gasteiger partial charge in [-0.05, 0) is 43.0 Å². The first-order valence-corrected chi connectivity index (χ1v) is 8.19. The molecule has 2 aromatic rings. The van der Waals surface area contributed by atoms with Gasteiger partial charge in [0, 0.05) is 12.7 Å². The van der Waals surface area contributed by atoms with Crippen molar-refractivity contribution in [2.75, 3.05) is 0 Å². The zero-order valence-electron chi connectivity index (χ0n) is 14.1. The molecule has 3 nitrogen and oxygen atoms in total. The minimum absolute atomic E-state index is 0.128. The number of alkyl halides is 6. The Labute approximate surface area is 154 Å². The summed E-state index contributed by atoms with van der Waals surface area (Å²) in [5, 5.41) is 0. The van der Waals surface area contributed by atoms with Crippen LogP contribution in [0.5, 0.6) is 0 Å². The Morgan fingerprint density at radius 1 is 1.04 bits per heavy atom. The van der Waals surface area contributed by atoms with Gasteiger partial charge in [0.1, 0.15) is 11.3 Å². The van der Waals surface area contributed by atoms with Gasteiger partial charge in [-0.25, -0.2) is 4.39 Å². The second kappa shape index (κ2) is 7.06. The van der Waals surface area contributed by atoms with E-state index in [-0.39, 0.29) is 18.0 Å². The number of pyridine rings is 1. The SMILES string of the molecule is O=C(/N=c1\ccc(C(F)(F)F)cn1CC1CC1)c1cccc(C(F)(F)F)c1F. The number of rotatable bonds is 3. The highest BCUT2D eigenvalue weighted by Crippen LogP contribution is 2.33. The summed E-state index contributed by atoms with van der Waals surface area (Å²) in [6.07, 6.45) is -7.22. The van der Waals surface area contributed by atoms with Crippen LogP contribution in [0.25, 0.3) is 0 Å². The molecule has 1 aromatic carbocycles. The molecule has 0 N–H and O–H groups in total. The maximum atomic E-state index is 14.1. The van der Waals surface area contributed by atoms with E-state index < -0.39 is 40.8 Å². The van der Waals surface area contributed by atoms with Crippen LogP contribution in [0.3, 0.4) is 0 Å². The minimum Gasteiger partial charge on any atom is -0.332 e. The fraction of sp³-hybridized carbons (Fsp3) is 0.333. The van der Waals surface area contributed by atoms with E-state index in [1.165, 1.54) is 0 Å². The van der Waals surface area contributed by atoms with Crippen molar-refractivity contribution in [3.8, 4) is 0 Å². The fourth-order valence-electron chi connectivity index (χ4n) is 2.61. The van der Waals surface area contributed by atoms with Crippen LogP contribution < -0.4 is 5.49 Å². The lowest BCUT2D eigenvalue weighted by Gasteiger charge is -2.12. The van der Waals surface area contributed by atoms with Crippen molar-refractivity contribution in [3.05, 3.63) is 64.5 Å². The number of carbonyl (C=O) groups is 1. The van der Waals surface area contributed by atoms with Gasteiger partial charge in [-0.15, -0.1) is 0 Å². The van der Waals surface area contributed by atoms with Gasteiger partial charge in [0.25, 0.3) is 5.91 Å². The van der Waals surface area contributed by atoms with E-state index in [1.807, 2.05) is 0 Å². The van der Waals surface area contributed by atoms with Gasteiger partial charge in [-0.2, -0.15) is 31.3 Å². The van der Waals surface area contributed by atoms with Crippen LogP contribution in [0.4, 0.5) is 30.7 Å². The summed E-state index contributed by atoms with van der Waals surface area (Å²) in [7, 11) is 0. The first-order valence-electron chi connectivity index (χ1n) is 8.19. The highest BCUT2D eigenvalue weighted by atomic mass is 19.4. The molecule has 0 atom stereocenters. The van der Waals surface area contributed by atoms with Crippen LogP contribution in [0.2, 0.25) is 0 Å². The standard InChI is InChI=1S/C18H13F7N2O/c19-15-12(2-1-3-13(15)18(23,24)25)16(28)26-14-7-6-11(17(20,21)22)9-27(14)8-10-4-5-10/h1-3,6-7,9-10H,4-5,8H2/b26-14+. The maximum absolute atomic E-state index is 14.1. The maximum Gasteiger partial charge on any atom is 0.419 e. The van der Waals surface area contributed by atoms with Gasteiger partial charge in [-0.3, -0.25) is 4.79 Å². The summed E-state index contributed by atoms with van der Waals surface area (Å²) in [4.78, 5) is 15.8. The number of nitrogens with zero attached hydrogens (tertiary/aromatic N) is 2. The summed E-state index contributed by atoms with van der Waals surface area (Å²) in [5.74, 6) is -2.96. The van der Waals surface area contributed by atoms with Crippen LogP contribution in [0.15, 0.2) is 41.5 Å². The quantitative estimate of drug-likeness (QED) is 0.674. The summed E-state index contributed by atoms with van der Waals surface area (Å²) < 4.78 is 92.4. The normalized spacial score (nSPS) is 15.8. The number of hydrogen-bond donors (Lipinski definition) is 0. The number of halogens is 7. The molecule has 10 heteroatoms. The molecule has 3 rings (SSSR count). The molecule has 1 heterocycles. The van der Waals surface area contributed by atoms with Crippen molar-refractivity contribution in [1.29, 1.82) is 0 Å². The zero-order chi connectivity index (χ0) is 20.7. The molecule has 150 valence electrons. The first-order chi connectivity index (χ1) is 13.0. The summed E-state index contributed by atoms with van der Waals surface area (Å²) >= 11 is 0. The Bertz CT molecular complexity index is 969. The van der Waals surface area contributed by atoms with Gasteiger partial charge in [-0.1, -0.05) is 6.07 Å². The van der Waals surface area contributed by atoms with Crippen LogP contribution in [-0.4, -0.2) is 10.5 Å². The van der Waals surface area contributed by atoms with Gasteiger partial charge in [0.15, 0.2) is 0 Å². The molecule has 1 amide bonds. The highest BCUT2D eigenvalue weighted by molar-refractivity contribution is 5.95. The molecule has 0 aliphatic heterocycles. The van der Waals surface area contributed by atoms with Crippen LogP contribution in [0.1, 0.15) is 34.3 Å².